The van der Waals surface area contributed by atoms with Gasteiger partial charge in [-0.3, -0.25) is 0 Å². The number of carbonyl (C=O) groups is 2. The highest BCUT2D eigenvalue weighted by atomic mass is 19.1. The molecular formula is C12H18FNO4. The average Bonchev–Trinajstić information content (AvgIpc) is 2.32. The van der Waals surface area contributed by atoms with Crippen LogP contribution in [0.5, 0.6) is 0 Å². The zero-order valence-electron chi connectivity index (χ0n) is 10.4. The van der Waals surface area contributed by atoms with Crippen molar-refractivity contribution in [3.8, 4) is 0 Å². The highest BCUT2D eigenvalue weighted by Crippen LogP contribution is 1.95. The predicted octanol–water partition coefficient (Wildman–Crippen LogP) is 1.75. The van der Waals surface area contributed by atoms with Crippen LogP contribution in [-0.2, 0) is 14.3 Å². The Labute approximate surface area is 106 Å². The van der Waals surface area contributed by atoms with Crippen LogP contribution >= 0.6 is 0 Å². The number of carbonyl (C=O) groups excluding carboxylic acids is 2. The van der Waals surface area contributed by atoms with E-state index in [1.807, 2.05) is 11.4 Å². The molecular weight excluding hydrogens is 241 g/mol. The third-order valence-electron chi connectivity index (χ3n) is 1.84. The van der Waals surface area contributed by atoms with Crippen molar-refractivity contribution in [3.05, 3.63) is 24.8 Å². The minimum absolute atomic E-state index is 0.129. The molecule has 0 radical (unpaired) electrons. The van der Waals surface area contributed by atoms with E-state index < -0.39 is 18.2 Å². The Bertz CT molecular complexity index is 304. The molecule has 102 valence electrons. The van der Waals surface area contributed by atoms with Gasteiger partial charge in [-0.15, -0.1) is 4.39 Å². The third kappa shape index (κ3) is 8.46. The van der Waals surface area contributed by atoms with Gasteiger partial charge in [-0.25, -0.2) is 9.59 Å². The lowest BCUT2D eigenvalue weighted by Gasteiger charge is -2.14. The fourth-order valence-corrected chi connectivity index (χ4v) is 1.09. The molecule has 6 heteroatoms. The number of allylic oxidation sites excluding steroid dienone is 2. The van der Waals surface area contributed by atoms with E-state index in [0.717, 1.165) is 0 Å². The van der Waals surface area contributed by atoms with E-state index in [0.29, 0.717) is 13.0 Å². The number of ether oxygens (including phenoxy) is 2. The minimum atomic E-state index is -1.79. The highest BCUT2D eigenvalue weighted by molar-refractivity contribution is 5.81. The summed E-state index contributed by atoms with van der Waals surface area (Å²) in [7, 11) is 0. The molecule has 0 bridgehead atoms. The number of halogens is 1. The quantitative estimate of drug-likeness (QED) is 0.225. The molecule has 1 unspecified atom stereocenters. The van der Waals surface area contributed by atoms with Crippen molar-refractivity contribution in [1.82, 2.24) is 5.32 Å². The third-order valence-corrected chi connectivity index (χ3v) is 1.84. The van der Waals surface area contributed by atoms with Gasteiger partial charge in [-0.05, 0) is 13.3 Å². The van der Waals surface area contributed by atoms with Gasteiger partial charge in [0.25, 0.3) is 0 Å². The van der Waals surface area contributed by atoms with Crippen molar-refractivity contribution < 1.29 is 23.5 Å². The first-order valence-electron chi connectivity index (χ1n) is 5.59. The second-order valence-corrected chi connectivity index (χ2v) is 3.25. The van der Waals surface area contributed by atoms with Crippen LogP contribution in [-0.4, -0.2) is 38.0 Å². The molecule has 0 saturated carbocycles. The van der Waals surface area contributed by atoms with Crippen molar-refractivity contribution in [3.63, 3.8) is 0 Å². The van der Waals surface area contributed by atoms with Crippen molar-refractivity contribution in [1.29, 1.82) is 0 Å². The zero-order chi connectivity index (χ0) is 13.8. The Hall–Kier alpha value is -1.69. The fraction of sp³-hybridized carbons (Fsp3) is 0.500. The molecule has 0 aliphatic carbocycles. The molecule has 1 atom stereocenters. The molecule has 0 aromatic heterocycles. The van der Waals surface area contributed by atoms with Gasteiger partial charge in [0.15, 0.2) is 6.04 Å². The van der Waals surface area contributed by atoms with Crippen LogP contribution in [0.15, 0.2) is 24.8 Å². The van der Waals surface area contributed by atoms with E-state index >= 15 is 0 Å². The molecule has 0 saturated heterocycles. The maximum Gasteiger partial charge on any atom is 0.398 e. The second kappa shape index (κ2) is 10.5. The number of rotatable bonds is 9. The van der Waals surface area contributed by atoms with Crippen LogP contribution < -0.4 is 5.32 Å². The van der Waals surface area contributed by atoms with E-state index in [9.17, 15) is 14.0 Å². The van der Waals surface area contributed by atoms with Gasteiger partial charge in [0, 0.05) is 0 Å². The summed E-state index contributed by atoms with van der Waals surface area (Å²) < 4.78 is 22.0. The zero-order valence-corrected chi connectivity index (χ0v) is 10.4. The molecule has 1 amide bonds. The minimum Gasteiger partial charge on any atom is -0.464 e. The lowest BCUT2D eigenvalue weighted by atomic mass is 10.3. The van der Waals surface area contributed by atoms with E-state index in [1.165, 1.54) is 0 Å². The number of nitrogens with one attached hydrogen (secondary N) is 1. The van der Waals surface area contributed by atoms with E-state index in [4.69, 9.17) is 4.74 Å². The highest BCUT2D eigenvalue weighted by Gasteiger charge is 2.21. The number of hydrogen-bond donors (Lipinski definition) is 1. The topological polar surface area (TPSA) is 64.6 Å². The molecule has 0 heterocycles. The normalized spacial score (nSPS) is 12.1. The molecule has 0 aliphatic rings. The van der Waals surface area contributed by atoms with Gasteiger partial charge >= 0.3 is 12.1 Å². The van der Waals surface area contributed by atoms with Crippen LogP contribution in [0.3, 0.4) is 0 Å². The number of hydrogen-bond acceptors (Lipinski definition) is 4. The average molecular weight is 259 g/mol. The van der Waals surface area contributed by atoms with Gasteiger partial charge in [0.2, 0.25) is 0 Å². The first kappa shape index (κ1) is 16.3. The van der Waals surface area contributed by atoms with E-state index in [-0.39, 0.29) is 13.2 Å². The second-order valence-electron chi connectivity index (χ2n) is 3.25. The lowest BCUT2D eigenvalue weighted by molar-refractivity contribution is -0.147. The van der Waals surface area contributed by atoms with Crippen LogP contribution in [0.2, 0.25) is 0 Å². The standard InChI is InChI=1S/C12H18FNO4/c1-3-5-6-7-8-17-9-10(14-12(13)16)11(15)18-4-2/h3,5-6,10H,1,4,7-9H2,2H3,(H,14,16)/b6-5+. The first-order valence-corrected chi connectivity index (χ1v) is 5.59. The summed E-state index contributed by atoms with van der Waals surface area (Å²) >= 11 is 0. The van der Waals surface area contributed by atoms with E-state index in [1.54, 1.807) is 19.1 Å². The molecule has 0 aliphatic heterocycles. The summed E-state index contributed by atoms with van der Waals surface area (Å²) in [6.45, 7) is 5.50. The molecule has 0 aromatic carbocycles. The summed E-state index contributed by atoms with van der Waals surface area (Å²) in [4.78, 5) is 21.6. The van der Waals surface area contributed by atoms with Crippen LogP contribution in [0, 0.1) is 0 Å². The van der Waals surface area contributed by atoms with Gasteiger partial charge in [-0.2, -0.15) is 0 Å². The van der Waals surface area contributed by atoms with Crippen LogP contribution in [0.25, 0.3) is 0 Å². The molecule has 0 fully saturated rings. The molecule has 1 N–H and O–H groups in total. The maximum atomic E-state index is 12.2. The van der Waals surface area contributed by atoms with Crippen LogP contribution in [0.1, 0.15) is 13.3 Å². The molecule has 0 spiro atoms. The Morgan fingerprint density at radius 3 is 2.78 bits per heavy atom. The van der Waals surface area contributed by atoms with Gasteiger partial charge in [-0.1, -0.05) is 24.8 Å². The van der Waals surface area contributed by atoms with Crippen LogP contribution in [0.4, 0.5) is 9.18 Å². The monoisotopic (exact) mass is 259 g/mol. The number of esters is 1. The largest absolute Gasteiger partial charge is 0.464 e. The van der Waals surface area contributed by atoms with Crippen molar-refractivity contribution in [2.75, 3.05) is 19.8 Å². The Kier molecular flexibility index (Phi) is 9.48. The van der Waals surface area contributed by atoms with Gasteiger partial charge in [0.1, 0.15) is 0 Å². The Morgan fingerprint density at radius 1 is 1.50 bits per heavy atom. The summed E-state index contributed by atoms with van der Waals surface area (Å²) in [6, 6.07) is -1.12. The molecule has 0 rings (SSSR count). The van der Waals surface area contributed by atoms with E-state index in [2.05, 4.69) is 11.3 Å². The van der Waals surface area contributed by atoms with Crippen molar-refractivity contribution in [2.24, 2.45) is 0 Å². The smallest absolute Gasteiger partial charge is 0.398 e. The fourth-order valence-electron chi connectivity index (χ4n) is 1.09. The summed E-state index contributed by atoms with van der Waals surface area (Å²) in [5, 5.41) is 1.83. The summed E-state index contributed by atoms with van der Waals surface area (Å²) in [6.07, 6.45) is 4.06. The van der Waals surface area contributed by atoms with Gasteiger partial charge < -0.3 is 14.8 Å². The lowest BCUT2D eigenvalue weighted by Crippen LogP contribution is -2.43. The Balaban J connectivity index is 4.00. The predicted molar refractivity (Wildman–Crippen MR) is 64.8 cm³/mol. The molecule has 18 heavy (non-hydrogen) atoms. The summed E-state index contributed by atoms with van der Waals surface area (Å²) in [5.74, 6) is -0.717. The van der Waals surface area contributed by atoms with Gasteiger partial charge in [0.05, 0.1) is 19.8 Å². The molecule has 0 aromatic rings. The van der Waals surface area contributed by atoms with Crippen molar-refractivity contribution >= 4 is 12.1 Å². The molecule has 5 nitrogen and oxygen atoms in total. The maximum absolute atomic E-state index is 12.2. The number of amides is 1. The SMILES string of the molecule is C=C/C=C/CCOCC(NC(=O)F)C(=O)OCC. The summed E-state index contributed by atoms with van der Waals surface area (Å²) in [5.41, 5.74) is 0. The Morgan fingerprint density at radius 2 is 2.22 bits per heavy atom. The first-order chi connectivity index (χ1) is 8.61. The van der Waals surface area contributed by atoms with Crippen molar-refractivity contribution in [2.45, 2.75) is 19.4 Å².